The lowest BCUT2D eigenvalue weighted by Crippen LogP contribution is -2.47. The van der Waals surface area contributed by atoms with Crippen LogP contribution in [0, 0.1) is 6.92 Å². The number of hydrogen-bond acceptors (Lipinski definition) is 6. The second kappa shape index (κ2) is 12.6. The molecule has 32 heavy (non-hydrogen) atoms. The van der Waals surface area contributed by atoms with E-state index in [1.165, 1.54) is 5.56 Å². The maximum Gasteiger partial charge on any atom is 0.138 e. The number of aliphatic hydroxyl groups excluding tert-OH is 2. The highest BCUT2D eigenvalue weighted by Gasteiger charge is 2.22. The predicted molar refractivity (Wildman–Crippen MR) is 128 cm³/mol. The molecule has 3 rings (SSSR count). The number of nitrogens with zero attached hydrogens (tertiary/aromatic N) is 1. The van der Waals surface area contributed by atoms with Gasteiger partial charge in [-0.05, 0) is 63.2 Å². The number of piperidine rings is 1. The second-order valence-corrected chi connectivity index (χ2v) is 9.14. The second-order valence-electron chi connectivity index (χ2n) is 8.30. The Morgan fingerprint density at radius 2 is 1.69 bits per heavy atom. The van der Waals surface area contributed by atoms with Crippen molar-refractivity contribution in [1.29, 1.82) is 0 Å². The molecule has 0 bridgehead atoms. The molecule has 0 saturated carbocycles. The van der Waals surface area contributed by atoms with Crippen LogP contribution in [0.5, 0.6) is 11.5 Å². The molecule has 1 heterocycles. The number of aryl methyl sites for hydroxylation is 1. The minimum absolute atomic E-state index is 0.173. The van der Waals surface area contributed by atoms with Gasteiger partial charge in [0, 0.05) is 24.2 Å². The average Bonchev–Trinajstić information content (AvgIpc) is 2.77. The number of nitrogens with one attached hydrogen (secondary N) is 1. The molecule has 0 aromatic heterocycles. The zero-order valence-corrected chi connectivity index (χ0v) is 19.9. The average molecular weight is 483 g/mol. The van der Waals surface area contributed by atoms with E-state index in [0.717, 1.165) is 31.7 Å². The Balaban J connectivity index is 1.28. The first-order valence-electron chi connectivity index (χ1n) is 11.0. The molecular formula is C24H32Cl2N2O4. The van der Waals surface area contributed by atoms with Gasteiger partial charge in [0.05, 0.1) is 5.02 Å². The topological polar surface area (TPSA) is 74.2 Å². The van der Waals surface area contributed by atoms with Crippen molar-refractivity contribution in [1.82, 2.24) is 10.2 Å². The minimum Gasteiger partial charge on any atom is -0.491 e. The highest BCUT2D eigenvalue weighted by atomic mass is 35.5. The summed E-state index contributed by atoms with van der Waals surface area (Å²) in [6, 6.07) is 13.2. The third-order valence-electron chi connectivity index (χ3n) is 5.49. The fraction of sp³-hybridized carbons (Fsp3) is 0.500. The smallest absolute Gasteiger partial charge is 0.138 e. The number of rotatable bonds is 11. The summed E-state index contributed by atoms with van der Waals surface area (Å²) in [7, 11) is 0. The van der Waals surface area contributed by atoms with Gasteiger partial charge in [0.15, 0.2) is 0 Å². The molecule has 0 radical (unpaired) electrons. The summed E-state index contributed by atoms with van der Waals surface area (Å²) < 4.78 is 11.3. The Kier molecular flexibility index (Phi) is 9.91. The maximum absolute atomic E-state index is 10.3. The Morgan fingerprint density at radius 3 is 2.38 bits per heavy atom. The largest absolute Gasteiger partial charge is 0.491 e. The van der Waals surface area contributed by atoms with Crippen LogP contribution >= 0.6 is 23.2 Å². The van der Waals surface area contributed by atoms with Crippen LogP contribution in [0.2, 0.25) is 10.0 Å². The number of hydrogen-bond donors (Lipinski definition) is 3. The summed E-state index contributed by atoms with van der Waals surface area (Å²) in [5.74, 6) is 1.28. The first-order chi connectivity index (χ1) is 15.4. The van der Waals surface area contributed by atoms with Crippen LogP contribution < -0.4 is 14.8 Å². The van der Waals surface area contributed by atoms with Gasteiger partial charge in [-0.25, -0.2) is 0 Å². The molecular weight excluding hydrogens is 451 g/mol. The molecule has 8 heteroatoms. The van der Waals surface area contributed by atoms with Crippen LogP contribution in [0.3, 0.4) is 0 Å². The maximum atomic E-state index is 10.3. The lowest BCUT2D eigenvalue weighted by atomic mass is 10.0. The van der Waals surface area contributed by atoms with E-state index < -0.39 is 12.2 Å². The molecule has 6 nitrogen and oxygen atoms in total. The lowest BCUT2D eigenvalue weighted by molar-refractivity contribution is 0.0556. The van der Waals surface area contributed by atoms with Gasteiger partial charge >= 0.3 is 0 Å². The molecule has 0 amide bonds. The standard InChI is InChI=1S/C24H32Cl2N2O4/c1-17-2-5-22(6-3-17)31-15-20(29)13-27-19-8-10-28(11-9-19)14-21(30)16-32-24-7-4-18(25)12-23(24)26/h2-7,12,19-21,27,29-30H,8-11,13-16H2,1H3/t20-,21-/m1/s1. The molecule has 2 aromatic rings. The molecule has 1 saturated heterocycles. The summed E-state index contributed by atoms with van der Waals surface area (Å²) in [6.45, 7) is 5.27. The first kappa shape index (κ1) is 25.1. The minimum atomic E-state index is -0.605. The Hall–Kier alpha value is -1.54. The summed E-state index contributed by atoms with van der Waals surface area (Å²) in [5, 5.41) is 24.9. The van der Waals surface area contributed by atoms with E-state index in [1.807, 2.05) is 31.2 Å². The van der Waals surface area contributed by atoms with Crippen molar-refractivity contribution in [3.63, 3.8) is 0 Å². The van der Waals surface area contributed by atoms with Crippen LogP contribution in [0.4, 0.5) is 0 Å². The van der Waals surface area contributed by atoms with Gasteiger partial charge in [-0.15, -0.1) is 0 Å². The molecule has 0 unspecified atom stereocenters. The van der Waals surface area contributed by atoms with E-state index in [0.29, 0.717) is 34.9 Å². The van der Waals surface area contributed by atoms with E-state index in [2.05, 4.69) is 10.2 Å². The number of β-amino-alcohol motifs (C(OH)–C–C–N with tert-alkyl or cyclic N) is 1. The Morgan fingerprint density at radius 1 is 1.00 bits per heavy atom. The highest BCUT2D eigenvalue weighted by molar-refractivity contribution is 6.35. The Bertz CT molecular complexity index is 829. The normalized spacial score (nSPS) is 17.2. The van der Waals surface area contributed by atoms with Crippen LogP contribution in [-0.2, 0) is 0 Å². The summed E-state index contributed by atoms with van der Waals surface area (Å²) in [4.78, 5) is 2.23. The van der Waals surface area contributed by atoms with Crippen LogP contribution in [0.1, 0.15) is 18.4 Å². The zero-order chi connectivity index (χ0) is 22.9. The first-order valence-corrected chi connectivity index (χ1v) is 11.7. The Labute approximate surface area is 200 Å². The molecule has 1 aliphatic heterocycles. The molecule has 3 N–H and O–H groups in total. The fourth-order valence-electron chi connectivity index (χ4n) is 3.64. The molecule has 1 fully saturated rings. The van der Waals surface area contributed by atoms with Gasteiger partial charge in [0.1, 0.15) is 36.9 Å². The quantitative estimate of drug-likeness (QED) is 0.454. The summed E-state index contributed by atoms with van der Waals surface area (Å²) >= 11 is 12.0. The zero-order valence-electron chi connectivity index (χ0n) is 18.3. The van der Waals surface area contributed by atoms with Crippen molar-refractivity contribution in [2.24, 2.45) is 0 Å². The molecule has 2 atom stereocenters. The van der Waals surface area contributed by atoms with E-state index >= 15 is 0 Å². The van der Waals surface area contributed by atoms with Crippen molar-refractivity contribution in [3.05, 3.63) is 58.1 Å². The van der Waals surface area contributed by atoms with Gasteiger partial charge in [0.25, 0.3) is 0 Å². The van der Waals surface area contributed by atoms with Crippen LogP contribution in [0.25, 0.3) is 0 Å². The van der Waals surface area contributed by atoms with Gasteiger partial charge in [-0.3, -0.25) is 0 Å². The predicted octanol–water partition coefficient (Wildman–Crippen LogP) is 3.54. The van der Waals surface area contributed by atoms with Gasteiger partial charge in [0.2, 0.25) is 0 Å². The monoisotopic (exact) mass is 482 g/mol. The van der Waals surface area contributed by atoms with Gasteiger partial charge in [-0.1, -0.05) is 40.9 Å². The molecule has 0 aliphatic carbocycles. The van der Waals surface area contributed by atoms with Crippen molar-refractivity contribution in [3.8, 4) is 11.5 Å². The fourth-order valence-corrected chi connectivity index (χ4v) is 4.10. The van der Waals surface area contributed by atoms with Gasteiger partial charge < -0.3 is 29.9 Å². The van der Waals surface area contributed by atoms with Crippen molar-refractivity contribution >= 4 is 23.2 Å². The number of aliphatic hydroxyl groups is 2. The van der Waals surface area contributed by atoms with E-state index in [4.69, 9.17) is 32.7 Å². The highest BCUT2D eigenvalue weighted by Crippen LogP contribution is 2.27. The summed E-state index contributed by atoms with van der Waals surface area (Å²) in [5.41, 5.74) is 1.18. The van der Waals surface area contributed by atoms with Crippen molar-refractivity contribution in [2.75, 3.05) is 39.4 Å². The van der Waals surface area contributed by atoms with Gasteiger partial charge in [-0.2, -0.15) is 0 Å². The molecule has 0 spiro atoms. The third kappa shape index (κ3) is 8.43. The number of halogens is 2. The van der Waals surface area contributed by atoms with E-state index in [-0.39, 0.29) is 13.2 Å². The van der Waals surface area contributed by atoms with Crippen LogP contribution in [0.15, 0.2) is 42.5 Å². The summed E-state index contributed by atoms with van der Waals surface area (Å²) in [6.07, 6.45) is 0.754. The molecule has 2 aromatic carbocycles. The molecule has 1 aliphatic rings. The number of benzene rings is 2. The van der Waals surface area contributed by atoms with E-state index in [9.17, 15) is 10.2 Å². The van der Waals surface area contributed by atoms with E-state index in [1.54, 1.807) is 18.2 Å². The number of likely N-dealkylation sites (tertiary alicyclic amines) is 1. The van der Waals surface area contributed by atoms with Crippen LogP contribution in [-0.4, -0.2) is 72.8 Å². The SMILES string of the molecule is Cc1ccc(OC[C@H](O)CNC2CCN(C[C@@H](O)COc3ccc(Cl)cc3Cl)CC2)cc1. The number of ether oxygens (including phenoxy) is 2. The molecule has 176 valence electrons. The van der Waals surface area contributed by atoms with Crippen molar-refractivity contribution < 1.29 is 19.7 Å². The lowest BCUT2D eigenvalue weighted by Gasteiger charge is -2.33. The third-order valence-corrected chi connectivity index (χ3v) is 6.02. The van der Waals surface area contributed by atoms with Crippen molar-refractivity contribution in [2.45, 2.75) is 38.0 Å².